The first kappa shape index (κ1) is 20.5. The molecule has 1 aliphatic heterocycles. The Hall–Kier alpha value is -3.75. The Kier molecular flexibility index (Phi) is 5.66. The van der Waals surface area contributed by atoms with Gasteiger partial charge in [-0.1, -0.05) is 42.5 Å². The summed E-state index contributed by atoms with van der Waals surface area (Å²) in [6.45, 7) is 0.180. The van der Waals surface area contributed by atoms with E-state index in [0.29, 0.717) is 12.1 Å². The smallest absolute Gasteiger partial charge is 0.326 e. The zero-order chi connectivity index (χ0) is 22.0. The standard InChI is InChI=1S/C22H20F2N4O3/c23-15-8-4-7-14(18(15)24)20-19-16(25-12-26-19)9-10-28(20)22(31)27-17(21(29)30)11-13-5-2-1-3-6-13/h1-8,12,17,20H,9-11H2,(H,25,26)(H,27,31)(H,29,30)/t17-,20-/m0/s1. The molecule has 0 saturated heterocycles. The maximum Gasteiger partial charge on any atom is 0.326 e. The molecule has 160 valence electrons. The molecule has 2 atom stereocenters. The van der Waals surface area contributed by atoms with Crippen LogP contribution in [0.4, 0.5) is 13.6 Å². The van der Waals surface area contributed by atoms with E-state index in [1.807, 2.05) is 6.07 Å². The number of hydrogen-bond acceptors (Lipinski definition) is 3. The zero-order valence-corrected chi connectivity index (χ0v) is 16.4. The molecule has 7 nitrogen and oxygen atoms in total. The Morgan fingerprint density at radius 1 is 1.19 bits per heavy atom. The fourth-order valence-electron chi connectivity index (χ4n) is 3.82. The van der Waals surface area contributed by atoms with Crippen LogP contribution in [0.3, 0.4) is 0 Å². The SMILES string of the molecule is O=C(O)[C@H](Cc1ccccc1)NC(=O)N1CCc2[nH]cnc2[C@@H]1c1cccc(F)c1F. The summed E-state index contributed by atoms with van der Waals surface area (Å²) in [5, 5.41) is 12.1. The first-order valence-corrected chi connectivity index (χ1v) is 9.75. The summed E-state index contributed by atoms with van der Waals surface area (Å²) in [7, 11) is 0. The highest BCUT2D eigenvalue weighted by Crippen LogP contribution is 2.35. The van der Waals surface area contributed by atoms with Gasteiger partial charge in [0.05, 0.1) is 12.0 Å². The Labute approximate surface area is 176 Å². The molecule has 0 spiro atoms. The number of aromatic nitrogens is 2. The third-order valence-electron chi connectivity index (χ3n) is 5.34. The van der Waals surface area contributed by atoms with Gasteiger partial charge in [-0.3, -0.25) is 0 Å². The second kappa shape index (κ2) is 8.55. The van der Waals surface area contributed by atoms with Crippen molar-refractivity contribution in [2.24, 2.45) is 0 Å². The molecular weight excluding hydrogens is 406 g/mol. The van der Waals surface area contributed by atoms with Crippen molar-refractivity contribution >= 4 is 12.0 Å². The van der Waals surface area contributed by atoms with Crippen molar-refractivity contribution in [1.29, 1.82) is 0 Å². The van der Waals surface area contributed by atoms with Gasteiger partial charge in [-0.15, -0.1) is 0 Å². The molecular formula is C22H20F2N4O3. The van der Waals surface area contributed by atoms with Crippen LogP contribution in [0, 0.1) is 11.6 Å². The van der Waals surface area contributed by atoms with E-state index in [9.17, 15) is 23.5 Å². The van der Waals surface area contributed by atoms with Crippen LogP contribution >= 0.6 is 0 Å². The normalized spacial score (nSPS) is 16.5. The lowest BCUT2D eigenvalue weighted by atomic mass is 9.95. The fraction of sp³-hybridized carbons (Fsp3) is 0.227. The molecule has 2 aromatic carbocycles. The van der Waals surface area contributed by atoms with Crippen LogP contribution < -0.4 is 5.32 Å². The largest absolute Gasteiger partial charge is 0.480 e. The highest BCUT2D eigenvalue weighted by molar-refractivity contribution is 5.83. The molecule has 3 aromatic rings. The van der Waals surface area contributed by atoms with E-state index in [0.717, 1.165) is 17.3 Å². The maximum atomic E-state index is 14.6. The summed E-state index contributed by atoms with van der Waals surface area (Å²) in [6.07, 6.45) is 1.95. The van der Waals surface area contributed by atoms with E-state index in [1.165, 1.54) is 23.4 Å². The van der Waals surface area contributed by atoms with E-state index in [-0.39, 0.29) is 18.5 Å². The monoisotopic (exact) mass is 426 g/mol. The summed E-state index contributed by atoms with van der Waals surface area (Å²) >= 11 is 0. The first-order chi connectivity index (χ1) is 15.0. The number of amides is 2. The number of benzene rings is 2. The lowest BCUT2D eigenvalue weighted by Crippen LogP contribution is -2.52. The molecule has 1 aromatic heterocycles. The molecule has 0 fully saturated rings. The molecule has 0 saturated carbocycles. The number of urea groups is 1. The molecule has 0 unspecified atom stereocenters. The Morgan fingerprint density at radius 3 is 2.71 bits per heavy atom. The Balaban J connectivity index is 1.64. The van der Waals surface area contributed by atoms with Crippen molar-refractivity contribution in [1.82, 2.24) is 20.2 Å². The van der Waals surface area contributed by atoms with Gasteiger partial charge < -0.3 is 20.3 Å². The number of imidazole rings is 1. The number of hydrogen-bond donors (Lipinski definition) is 3. The van der Waals surface area contributed by atoms with Crippen LogP contribution in [0.2, 0.25) is 0 Å². The van der Waals surface area contributed by atoms with Crippen LogP contribution in [0.15, 0.2) is 54.9 Å². The molecule has 0 radical (unpaired) electrons. The number of rotatable bonds is 5. The average Bonchev–Trinajstić information content (AvgIpc) is 3.24. The van der Waals surface area contributed by atoms with Gasteiger partial charge in [-0.05, 0) is 11.6 Å². The number of carboxylic acid groups (broad SMARTS) is 1. The van der Waals surface area contributed by atoms with Crippen molar-refractivity contribution in [3.63, 3.8) is 0 Å². The lowest BCUT2D eigenvalue weighted by molar-refractivity contribution is -0.139. The average molecular weight is 426 g/mol. The van der Waals surface area contributed by atoms with Crippen molar-refractivity contribution in [2.75, 3.05) is 6.54 Å². The van der Waals surface area contributed by atoms with Gasteiger partial charge in [0.25, 0.3) is 0 Å². The number of nitrogens with zero attached hydrogens (tertiary/aromatic N) is 2. The van der Waals surface area contributed by atoms with E-state index in [4.69, 9.17) is 0 Å². The van der Waals surface area contributed by atoms with E-state index in [1.54, 1.807) is 24.3 Å². The molecule has 3 N–H and O–H groups in total. The number of aromatic amines is 1. The van der Waals surface area contributed by atoms with Gasteiger partial charge in [0.1, 0.15) is 12.1 Å². The number of carbonyl (C=O) groups excluding carboxylic acids is 1. The Bertz CT molecular complexity index is 1100. The van der Waals surface area contributed by atoms with Crippen LogP contribution in [-0.2, 0) is 17.6 Å². The fourth-order valence-corrected chi connectivity index (χ4v) is 3.82. The second-order valence-corrected chi connectivity index (χ2v) is 7.29. The van der Waals surface area contributed by atoms with E-state index < -0.39 is 35.7 Å². The molecule has 0 aliphatic carbocycles. The van der Waals surface area contributed by atoms with Crippen LogP contribution in [0.1, 0.15) is 28.6 Å². The molecule has 0 bridgehead atoms. The minimum Gasteiger partial charge on any atom is -0.480 e. The van der Waals surface area contributed by atoms with Crippen molar-refractivity contribution in [2.45, 2.75) is 24.9 Å². The summed E-state index contributed by atoms with van der Waals surface area (Å²) in [4.78, 5) is 33.4. The topological polar surface area (TPSA) is 98.3 Å². The number of carboxylic acids is 1. The molecule has 4 rings (SSSR count). The van der Waals surface area contributed by atoms with Gasteiger partial charge in [-0.2, -0.15) is 0 Å². The molecule has 1 aliphatic rings. The predicted molar refractivity (Wildman–Crippen MR) is 107 cm³/mol. The highest BCUT2D eigenvalue weighted by Gasteiger charge is 2.37. The van der Waals surface area contributed by atoms with Gasteiger partial charge in [0, 0.05) is 30.6 Å². The molecule has 2 heterocycles. The van der Waals surface area contributed by atoms with Crippen molar-refractivity contribution in [3.8, 4) is 0 Å². The number of halogens is 2. The molecule has 31 heavy (non-hydrogen) atoms. The van der Waals surface area contributed by atoms with E-state index in [2.05, 4.69) is 15.3 Å². The van der Waals surface area contributed by atoms with Gasteiger partial charge in [-0.25, -0.2) is 23.4 Å². The van der Waals surface area contributed by atoms with Gasteiger partial charge in [0.2, 0.25) is 0 Å². The number of carbonyl (C=O) groups is 2. The minimum atomic E-state index is -1.19. The summed E-state index contributed by atoms with van der Waals surface area (Å²) in [5.41, 5.74) is 1.83. The quantitative estimate of drug-likeness (QED) is 0.584. The third kappa shape index (κ3) is 4.11. The highest BCUT2D eigenvalue weighted by atomic mass is 19.2. The number of aliphatic carboxylic acids is 1. The minimum absolute atomic E-state index is 0.0434. The van der Waals surface area contributed by atoms with Crippen molar-refractivity contribution < 1.29 is 23.5 Å². The maximum absolute atomic E-state index is 14.6. The molecule has 9 heteroatoms. The number of nitrogens with one attached hydrogen (secondary N) is 2. The van der Waals surface area contributed by atoms with Gasteiger partial charge >= 0.3 is 12.0 Å². The summed E-state index contributed by atoms with van der Waals surface area (Å²) < 4.78 is 28.6. The first-order valence-electron chi connectivity index (χ1n) is 9.75. The summed E-state index contributed by atoms with van der Waals surface area (Å²) in [5.74, 6) is -3.30. The number of fused-ring (bicyclic) bond motifs is 1. The predicted octanol–water partition coefficient (Wildman–Crippen LogP) is 3.04. The van der Waals surface area contributed by atoms with E-state index >= 15 is 0 Å². The Morgan fingerprint density at radius 2 is 1.97 bits per heavy atom. The summed E-state index contributed by atoms with van der Waals surface area (Å²) in [6, 6.07) is 9.80. The van der Waals surface area contributed by atoms with Crippen LogP contribution in [0.5, 0.6) is 0 Å². The van der Waals surface area contributed by atoms with Crippen molar-refractivity contribution in [3.05, 3.63) is 89.0 Å². The molecule has 2 amide bonds. The van der Waals surface area contributed by atoms with Gasteiger partial charge in [0.15, 0.2) is 11.6 Å². The van der Waals surface area contributed by atoms with Crippen LogP contribution in [0.25, 0.3) is 0 Å². The lowest BCUT2D eigenvalue weighted by Gasteiger charge is -2.36. The van der Waals surface area contributed by atoms with Crippen LogP contribution in [-0.4, -0.2) is 44.6 Å². The third-order valence-corrected chi connectivity index (χ3v) is 5.34. The zero-order valence-electron chi connectivity index (χ0n) is 16.4. The number of H-pyrrole nitrogens is 1. The second-order valence-electron chi connectivity index (χ2n) is 7.29.